The van der Waals surface area contributed by atoms with Crippen LogP contribution in [0, 0.1) is 0 Å². The topological polar surface area (TPSA) is 56.8 Å². The highest BCUT2D eigenvalue weighted by Crippen LogP contribution is 2.36. The molecule has 2 aliphatic rings. The van der Waals surface area contributed by atoms with Crippen molar-refractivity contribution in [3.05, 3.63) is 24.3 Å². The first-order chi connectivity index (χ1) is 11.7. The Labute approximate surface area is 155 Å². The average Bonchev–Trinajstić information content (AvgIpc) is 3.08. The molecule has 1 aromatic rings. The predicted molar refractivity (Wildman–Crippen MR) is 103 cm³/mol. The van der Waals surface area contributed by atoms with Crippen molar-refractivity contribution in [2.45, 2.75) is 57.1 Å². The summed E-state index contributed by atoms with van der Waals surface area (Å²) in [5.74, 6) is 1.04. The summed E-state index contributed by atoms with van der Waals surface area (Å²) >= 11 is 1.70. The maximum absolute atomic E-state index is 10.5. The summed E-state index contributed by atoms with van der Waals surface area (Å²) in [5.41, 5.74) is 0.430. The van der Waals surface area contributed by atoms with E-state index in [1.165, 1.54) is 0 Å². The molecule has 2 saturated heterocycles. The molecule has 1 amide bonds. The highest BCUT2D eigenvalue weighted by atomic mass is 32.2. The van der Waals surface area contributed by atoms with Crippen molar-refractivity contribution in [3.8, 4) is 5.75 Å². The van der Waals surface area contributed by atoms with E-state index in [2.05, 4.69) is 33.0 Å². The first-order valence-corrected chi connectivity index (χ1v) is 9.79. The number of thioether (sulfide) groups is 1. The van der Waals surface area contributed by atoms with Gasteiger partial charge < -0.3 is 19.4 Å². The van der Waals surface area contributed by atoms with Crippen molar-refractivity contribution in [2.24, 2.45) is 0 Å². The molecule has 2 fully saturated rings. The van der Waals surface area contributed by atoms with Crippen LogP contribution in [0.1, 0.15) is 40.5 Å². The lowest BCUT2D eigenvalue weighted by Crippen LogP contribution is -2.41. The Balaban J connectivity index is 0.000000236. The number of carbonyl (C=O) groups is 1. The number of hydrogen-bond acceptors (Lipinski definition) is 5. The second-order valence-electron chi connectivity index (χ2n) is 7.19. The molecule has 1 aromatic carbocycles. The van der Waals surface area contributed by atoms with Gasteiger partial charge in [-0.05, 0) is 58.0 Å². The van der Waals surface area contributed by atoms with Gasteiger partial charge in [0.2, 0.25) is 5.91 Å². The van der Waals surface area contributed by atoms with Gasteiger partial charge in [0, 0.05) is 6.42 Å². The van der Waals surface area contributed by atoms with Crippen LogP contribution in [0.4, 0.5) is 0 Å². The van der Waals surface area contributed by atoms with Crippen LogP contribution in [-0.2, 0) is 14.1 Å². The van der Waals surface area contributed by atoms with Gasteiger partial charge in [0.1, 0.15) is 5.75 Å². The maximum Gasteiger partial charge on any atom is 0.494 e. The molecule has 3 rings (SSSR count). The van der Waals surface area contributed by atoms with E-state index >= 15 is 0 Å². The van der Waals surface area contributed by atoms with Crippen LogP contribution < -0.4 is 15.5 Å². The standard InChI is InChI=1S/C13H19BO3.C5H9NOS/c1-12(2)13(3,4)17-14(16-12)10-6-8-11(15-5)9-7-10;1-8-5-3-2-4(7)6-5/h6-9H,1-5H3;5H,2-3H2,1H3,(H,6,7). The quantitative estimate of drug-likeness (QED) is 0.835. The molecule has 0 radical (unpaired) electrons. The molecule has 25 heavy (non-hydrogen) atoms. The molecule has 0 saturated carbocycles. The molecule has 5 nitrogen and oxygen atoms in total. The Bertz CT molecular complexity index is 575. The number of ether oxygens (including phenoxy) is 1. The van der Waals surface area contributed by atoms with Crippen LogP contribution in [0.2, 0.25) is 0 Å². The summed E-state index contributed by atoms with van der Waals surface area (Å²) in [6.45, 7) is 8.21. The van der Waals surface area contributed by atoms with Crippen LogP contribution in [0.15, 0.2) is 24.3 Å². The molecule has 1 N–H and O–H groups in total. The summed E-state index contributed by atoms with van der Waals surface area (Å²) in [6.07, 6.45) is 3.72. The summed E-state index contributed by atoms with van der Waals surface area (Å²) in [6, 6.07) is 7.78. The first-order valence-electron chi connectivity index (χ1n) is 8.50. The molecule has 2 aliphatic heterocycles. The van der Waals surface area contributed by atoms with Crippen LogP contribution >= 0.6 is 11.8 Å². The number of methoxy groups -OCH3 is 1. The fraction of sp³-hybridized carbons (Fsp3) is 0.611. The highest BCUT2D eigenvalue weighted by Gasteiger charge is 2.51. The molecule has 7 heteroatoms. The molecular formula is C18H28BNO4S. The van der Waals surface area contributed by atoms with Crippen molar-refractivity contribution < 1.29 is 18.8 Å². The van der Waals surface area contributed by atoms with E-state index in [-0.39, 0.29) is 24.2 Å². The van der Waals surface area contributed by atoms with E-state index in [4.69, 9.17) is 14.0 Å². The summed E-state index contributed by atoms with van der Waals surface area (Å²) < 4.78 is 17.1. The van der Waals surface area contributed by atoms with Crippen molar-refractivity contribution in [1.82, 2.24) is 5.32 Å². The summed E-state index contributed by atoms with van der Waals surface area (Å²) in [4.78, 5) is 10.5. The van der Waals surface area contributed by atoms with Gasteiger partial charge in [0.05, 0.1) is 23.7 Å². The lowest BCUT2D eigenvalue weighted by Gasteiger charge is -2.32. The minimum atomic E-state index is -0.300. The van der Waals surface area contributed by atoms with E-state index in [1.54, 1.807) is 18.9 Å². The number of benzene rings is 1. The van der Waals surface area contributed by atoms with E-state index in [0.717, 1.165) is 17.6 Å². The highest BCUT2D eigenvalue weighted by molar-refractivity contribution is 7.99. The second kappa shape index (κ2) is 8.02. The van der Waals surface area contributed by atoms with Crippen LogP contribution in [0.5, 0.6) is 5.75 Å². The molecule has 138 valence electrons. The van der Waals surface area contributed by atoms with Gasteiger partial charge in [0.15, 0.2) is 0 Å². The average molecular weight is 365 g/mol. The van der Waals surface area contributed by atoms with Gasteiger partial charge in [-0.2, -0.15) is 0 Å². The lowest BCUT2D eigenvalue weighted by molar-refractivity contribution is -0.119. The number of hydrogen-bond donors (Lipinski definition) is 1. The molecule has 1 unspecified atom stereocenters. The zero-order valence-electron chi connectivity index (χ0n) is 15.9. The van der Waals surface area contributed by atoms with Gasteiger partial charge in [-0.15, -0.1) is 11.8 Å². The van der Waals surface area contributed by atoms with E-state index in [9.17, 15) is 4.79 Å². The Morgan fingerprint density at radius 1 is 1.16 bits per heavy atom. The smallest absolute Gasteiger partial charge is 0.494 e. The predicted octanol–water partition coefficient (Wildman–Crippen LogP) is 2.58. The van der Waals surface area contributed by atoms with Gasteiger partial charge in [-0.3, -0.25) is 4.79 Å². The molecule has 0 aliphatic carbocycles. The zero-order chi connectivity index (χ0) is 18.7. The van der Waals surface area contributed by atoms with E-state index in [0.29, 0.717) is 11.8 Å². The van der Waals surface area contributed by atoms with Crippen LogP contribution in [0.25, 0.3) is 0 Å². The number of rotatable bonds is 3. The van der Waals surface area contributed by atoms with Crippen LogP contribution in [0.3, 0.4) is 0 Å². The third-order valence-electron chi connectivity index (χ3n) is 4.88. The van der Waals surface area contributed by atoms with Crippen molar-refractivity contribution in [2.75, 3.05) is 13.4 Å². The number of amides is 1. The summed E-state index contributed by atoms with van der Waals surface area (Å²) in [5, 5.41) is 3.22. The lowest BCUT2D eigenvalue weighted by atomic mass is 9.79. The molecular weight excluding hydrogens is 337 g/mol. The van der Waals surface area contributed by atoms with Crippen LogP contribution in [-0.4, -0.2) is 43.0 Å². The van der Waals surface area contributed by atoms with Crippen molar-refractivity contribution in [1.29, 1.82) is 0 Å². The maximum atomic E-state index is 10.5. The summed E-state index contributed by atoms with van der Waals surface area (Å²) in [7, 11) is 1.36. The number of nitrogens with one attached hydrogen (secondary N) is 1. The van der Waals surface area contributed by atoms with E-state index in [1.807, 2.05) is 30.5 Å². The number of carbonyl (C=O) groups excluding carboxylic acids is 1. The monoisotopic (exact) mass is 365 g/mol. The third-order valence-corrected chi connectivity index (χ3v) is 5.80. The third kappa shape index (κ3) is 4.93. The largest absolute Gasteiger partial charge is 0.497 e. The van der Waals surface area contributed by atoms with Gasteiger partial charge in [0.25, 0.3) is 0 Å². The molecule has 2 heterocycles. The fourth-order valence-corrected chi connectivity index (χ4v) is 3.11. The second-order valence-corrected chi connectivity index (χ2v) is 8.23. The SMILES string of the molecule is COc1ccc(B2OC(C)(C)C(C)(C)O2)cc1.CSC1CCC(=O)N1. The Morgan fingerprint density at radius 2 is 1.72 bits per heavy atom. The zero-order valence-corrected chi connectivity index (χ0v) is 16.7. The first kappa shape index (κ1) is 20.1. The van der Waals surface area contributed by atoms with Crippen molar-refractivity contribution >= 4 is 30.3 Å². The van der Waals surface area contributed by atoms with Gasteiger partial charge in [-0.1, -0.05) is 12.1 Å². The minimum Gasteiger partial charge on any atom is -0.497 e. The Morgan fingerprint density at radius 3 is 2.08 bits per heavy atom. The molecule has 0 bridgehead atoms. The molecule has 0 spiro atoms. The van der Waals surface area contributed by atoms with Gasteiger partial charge in [-0.25, -0.2) is 0 Å². The Hall–Kier alpha value is -1.18. The van der Waals surface area contributed by atoms with E-state index < -0.39 is 0 Å². The molecule has 1 atom stereocenters. The minimum absolute atomic E-state index is 0.198. The fourth-order valence-electron chi connectivity index (χ4n) is 2.50. The Kier molecular flexibility index (Phi) is 6.46. The molecule has 0 aromatic heterocycles. The van der Waals surface area contributed by atoms with Crippen molar-refractivity contribution in [3.63, 3.8) is 0 Å². The normalized spacial score (nSPS) is 23.7. The van der Waals surface area contributed by atoms with Gasteiger partial charge >= 0.3 is 7.12 Å².